The van der Waals surface area contributed by atoms with E-state index in [1.54, 1.807) is 24.3 Å². The number of aliphatic hydroxyl groups is 1. The van der Waals surface area contributed by atoms with E-state index >= 15 is 0 Å². The predicted molar refractivity (Wildman–Crippen MR) is 70.9 cm³/mol. The number of methoxy groups -OCH3 is 2. The molecule has 0 fully saturated rings. The van der Waals surface area contributed by atoms with Crippen LogP contribution >= 0.6 is 0 Å². The molecular formula is C15H14CrO7. The van der Waals surface area contributed by atoms with Crippen molar-refractivity contribution in [2.24, 2.45) is 0 Å². The Labute approximate surface area is 145 Å². The van der Waals surface area contributed by atoms with Crippen LogP contribution in [-0.4, -0.2) is 25.3 Å². The van der Waals surface area contributed by atoms with Crippen LogP contribution < -0.4 is 4.74 Å². The summed E-state index contributed by atoms with van der Waals surface area (Å²) in [6.45, 7) is 17.0. The standard InChI is InChI=1S/C12H14O4.3CO.Cr/c1-8(12(14)16-3)11(13)9-6-4-5-7-10(9)15-2;3*1-2;/h4-7,11,13H,1H2,2-3H3;;;;/t11-;;;;/m0..../s1. The summed E-state index contributed by atoms with van der Waals surface area (Å²) in [5.74, 6) is -0.140. The Bertz CT molecular complexity index is 506. The van der Waals surface area contributed by atoms with Crippen molar-refractivity contribution in [3.05, 3.63) is 61.9 Å². The maximum absolute atomic E-state index is 11.2. The van der Waals surface area contributed by atoms with E-state index in [0.717, 1.165) is 0 Å². The molecule has 0 aliphatic heterocycles. The van der Waals surface area contributed by atoms with Gasteiger partial charge in [0, 0.05) is 22.9 Å². The third-order valence-corrected chi connectivity index (χ3v) is 2.21. The van der Waals surface area contributed by atoms with E-state index in [4.69, 9.17) is 18.7 Å². The fourth-order valence-corrected chi connectivity index (χ4v) is 1.32. The minimum absolute atomic E-state index is 0. The van der Waals surface area contributed by atoms with Gasteiger partial charge in [-0.3, -0.25) is 0 Å². The number of carbonyl (C=O) groups excluding carboxylic acids is 1. The first-order chi connectivity index (χ1) is 10.6. The molecule has 1 aromatic rings. The molecule has 0 aliphatic rings. The van der Waals surface area contributed by atoms with Gasteiger partial charge in [0.1, 0.15) is 11.9 Å². The molecule has 0 radical (unpaired) electrons. The average molecular weight is 358 g/mol. The number of hydrogen-bond acceptors (Lipinski definition) is 4. The Balaban J connectivity index is -0.000000231. The monoisotopic (exact) mass is 358 g/mol. The van der Waals surface area contributed by atoms with Gasteiger partial charge >= 0.3 is 39.9 Å². The van der Waals surface area contributed by atoms with Crippen molar-refractivity contribution < 1.29 is 50.7 Å². The quantitative estimate of drug-likeness (QED) is 0.378. The summed E-state index contributed by atoms with van der Waals surface area (Å²) in [6, 6.07) is 6.88. The predicted octanol–water partition coefficient (Wildman–Crippen LogP) is 1.34. The molecule has 0 saturated carbocycles. The summed E-state index contributed by atoms with van der Waals surface area (Å²) < 4.78 is 32.1. The minimum atomic E-state index is -1.12. The van der Waals surface area contributed by atoms with Gasteiger partial charge in [-0.2, -0.15) is 0 Å². The van der Waals surface area contributed by atoms with Gasteiger partial charge in [0.15, 0.2) is 0 Å². The van der Waals surface area contributed by atoms with E-state index < -0.39 is 12.1 Å². The van der Waals surface area contributed by atoms with Gasteiger partial charge in [-0.05, 0) is 6.07 Å². The topological polar surface area (TPSA) is 115 Å². The van der Waals surface area contributed by atoms with Crippen LogP contribution in [0.3, 0.4) is 0 Å². The molecule has 0 heterocycles. The molecule has 122 valence electrons. The van der Waals surface area contributed by atoms with Gasteiger partial charge < -0.3 is 14.6 Å². The van der Waals surface area contributed by atoms with E-state index in [-0.39, 0.29) is 22.9 Å². The van der Waals surface area contributed by atoms with Gasteiger partial charge in [-0.15, -0.1) is 0 Å². The number of ether oxygens (including phenoxy) is 2. The largest absolute Gasteiger partial charge is 0 e. The molecule has 0 saturated heterocycles. The zero-order valence-corrected chi connectivity index (χ0v) is 13.7. The van der Waals surface area contributed by atoms with Gasteiger partial charge in [-0.1, -0.05) is 24.8 Å². The molecule has 7 nitrogen and oxygen atoms in total. The van der Waals surface area contributed by atoms with Crippen molar-refractivity contribution in [2.45, 2.75) is 6.10 Å². The molecule has 0 aliphatic carbocycles. The van der Waals surface area contributed by atoms with E-state index in [1.807, 2.05) is 0 Å². The SMILES string of the molecule is C=C(C(=O)OC)[C@H](O)c1ccccc1OC.[C-]#[O+].[C-]#[O+].[C-]#[O+].[Cr]. The second-order valence-corrected chi connectivity index (χ2v) is 3.16. The number of esters is 1. The van der Waals surface area contributed by atoms with E-state index in [0.29, 0.717) is 11.3 Å². The molecule has 1 atom stereocenters. The fourth-order valence-electron chi connectivity index (χ4n) is 1.32. The Morgan fingerprint density at radius 2 is 1.57 bits per heavy atom. The molecule has 0 aromatic heterocycles. The zero-order valence-electron chi connectivity index (χ0n) is 12.4. The first-order valence-electron chi connectivity index (χ1n) is 5.31. The summed E-state index contributed by atoms with van der Waals surface area (Å²) in [5, 5.41) is 9.92. The fraction of sp³-hybridized carbons (Fsp3) is 0.200. The summed E-state index contributed by atoms with van der Waals surface area (Å²) in [5.41, 5.74) is 0.465. The number of carbonyl (C=O) groups is 1. The van der Waals surface area contributed by atoms with Crippen LogP contribution in [0.1, 0.15) is 11.7 Å². The van der Waals surface area contributed by atoms with E-state index in [1.165, 1.54) is 14.2 Å². The van der Waals surface area contributed by atoms with E-state index in [9.17, 15) is 9.90 Å². The van der Waals surface area contributed by atoms with Crippen molar-refractivity contribution in [3.8, 4) is 5.75 Å². The Morgan fingerprint density at radius 3 is 1.96 bits per heavy atom. The van der Waals surface area contributed by atoms with Crippen LogP contribution in [0.25, 0.3) is 0 Å². The van der Waals surface area contributed by atoms with Gasteiger partial charge in [0.25, 0.3) is 0 Å². The molecule has 8 heteroatoms. The summed E-state index contributed by atoms with van der Waals surface area (Å²) in [7, 11) is 2.73. The summed E-state index contributed by atoms with van der Waals surface area (Å²) >= 11 is 0. The van der Waals surface area contributed by atoms with Crippen molar-refractivity contribution in [1.29, 1.82) is 0 Å². The average Bonchev–Trinajstić information content (AvgIpc) is 2.64. The summed E-state index contributed by atoms with van der Waals surface area (Å²) in [4.78, 5) is 11.2. The van der Waals surface area contributed by atoms with Gasteiger partial charge in [0.05, 0.1) is 19.8 Å². The minimum Gasteiger partial charge on any atom is 0 e. The number of para-hydroxylation sites is 1. The van der Waals surface area contributed by atoms with Crippen molar-refractivity contribution in [1.82, 2.24) is 0 Å². The molecular weight excluding hydrogens is 344 g/mol. The molecule has 0 bridgehead atoms. The maximum atomic E-state index is 11.2. The van der Waals surface area contributed by atoms with Crippen molar-refractivity contribution >= 4 is 5.97 Å². The van der Waals surface area contributed by atoms with Gasteiger partial charge in [-0.25, -0.2) is 4.79 Å². The molecule has 0 unspecified atom stereocenters. The van der Waals surface area contributed by atoms with Crippen LogP contribution in [0.5, 0.6) is 5.75 Å². The molecule has 1 rings (SSSR count). The number of rotatable bonds is 4. The third-order valence-electron chi connectivity index (χ3n) is 2.21. The van der Waals surface area contributed by atoms with Crippen LogP contribution in [0.15, 0.2) is 36.4 Å². The van der Waals surface area contributed by atoms with Crippen LogP contribution in [0, 0.1) is 20.0 Å². The molecule has 0 amide bonds. The molecule has 1 N–H and O–H groups in total. The van der Waals surface area contributed by atoms with Gasteiger partial charge in [0.2, 0.25) is 0 Å². The van der Waals surface area contributed by atoms with Crippen LogP contribution in [0.4, 0.5) is 0 Å². The molecule has 23 heavy (non-hydrogen) atoms. The second-order valence-electron chi connectivity index (χ2n) is 3.16. The van der Waals surface area contributed by atoms with Crippen LogP contribution in [0.2, 0.25) is 0 Å². The van der Waals surface area contributed by atoms with E-state index in [2.05, 4.69) is 31.3 Å². The molecule has 1 aromatic carbocycles. The first-order valence-corrected chi connectivity index (χ1v) is 5.31. The Kier molecular flexibility index (Phi) is 25.2. The molecule has 0 spiro atoms. The normalized spacial score (nSPS) is 8.39. The summed E-state index contributed by atoms with van der Waals surface area (Å²) in [6.07, 6.45) is -1.12. The smallest absolute Gasteiger partial charge is 0 e. The number of hydrogen-bond donors (Lipinski definition) is 1. The Hall–Kier alpha value is -2.06. The Morgan fingerprint density at radius 1 is 1.13 bits per heavy atom. The third kappa shape index (κ3) is 10.3. The number of aliphatic hydroxyl groups excluding tert-OH is 1. The number of benzene rings is 1. The maximum Gasteiger partial charge on any atom is 0 e. The first kappa shape index (κ1) is 29.0. The zero-order chi connectivity index (χ0) is 18.1. The van der Waals surface area contributed by atoms with Crippen molar-refractivity contribution in [2.75, 3.05) is 14.2 Å². The van der Waals surface area contributed by atoms with Crippen LogP contribution in [-0.2, 0) is 40.8 Å². The van der Waals surface area contributed by atoms with Crippen molar-refractivity contribution in [3.63, 3.8) is 0 Å². The second kappa shape index (κ2) is 19.9.